The molecule has 0 aliphatic heterocycles. The predicted molar refractivity (Wildman–Crippen MR) is 173 cm³/mol. The lowest BCUT2D eigenvalue weighted by molar-refractivity contribution is -0.140. The summed E-state index contributed by atoms with van der Waals surface area (Å²) in [5.74, 6) is -2.10. The minimum atomic E-state index is -0.989. The number of carbonyl (C=O) groups is 4. The zero-order valence-corrected chi connectivity index (χ0v) is 27.1. The van der Waals surface area contributed by atoms with E-state index in [4.69, 9.17) is 16.9 Å². The average molecular weight is 613 g/mol. The zero-order valence-electron chi connectivity index (χ0n) is 27.1. The first kappa shape index (κ1) is 36.1. The van der Waals surface area contributed by atoms with Crippen molar-refractivity contribution in [1.82, 2.24) is 25.8 Å². The van der Waals surface area contributed by atoms with Gasteiger partial charge < -0.3 is 37.3 Å². The van der Waals surface area contributed by atoms with Gasteiger partial charge in [0.15, 0.2) is 5.96 Å². The molecule has 0 bridgehead atoms. The summed E-state index contributed by atoms with van der Waals surface area (Å²) in [5.41, 5.74) is 12.6. The summed E-state index contributed by atoms with van der Waals surface area (Å²) >= 11 is 0. The summed E-state index contributed by atoms with van der Waals surface area (Å²) in [5, 5.41) is 16.9. The Balaban J connectivity index is 2.37. The lowest BCUT2D eigenvalue weighted by Gasteiger charge is -2.29. The molecule has 1 aromatic carbocycles. The molecular weight excluding hydrogens is 560 g/mol. The smallest absolute Gasteiger partial charge is 0.245 e. The van der Waals surface area contributed by atoms with Crippen molar-refractivity contribution in [2.75, 3.05) is 19.6 Å². The van der Waals surface area contributed by atoms with Crippen molar-refractivity contribution in [2.24, 2.45) is 28.7 Å². The van der Waals surface area contributed by atoms with Gasteiger partial charge in [0, 0.05) is 42.5 Å². The van der Waals surface area contributed by atoms with Crippen molar-refractivity contribution in [3.63, 3.8) is 0 Å². The number of rotatable bonds is 17. The number of nitrogens with two attached hydrogens (primary N) is 2. The van der Waals surface area contributed by atoms with Crippen LogP contribution >= 0.6 is 0 Å². The molecule has 0 aliphatic carbocycles. The predicted octanol–water partition coefficient (Wildman–Crippen LogP) is 2.38. The maximum absolute atomic E-state index is 13.9. The Morgan fingerprint density at radius 2 is 1.64 bits per heavy atom. The van der Waals surface area contributed by atoms with E-state index in [1.54, 1.807) is 0 Å². The molecule has 9 N–H and O–H groups in total. The van der Waals surface area contributed by atoms with Crippen molar-refractivity contribution in [3.05, 3.63) is 36.0 Å². The number of nitrogens with one attached hydrogen (secondary N) is 5. The third kappa shape index (κ3) is 12.3. The monoisotopic (exact) mass is 612 g/mol. The lowest BCUT2D eigenvalue weighted by atomic mass is 9.85. The normalized spacial score (nSPS) is 13.6. The fourth-order valence-electron chi connectivity index (χ4n) is 5.20. The second kappa shape index (κ2) is 16.7. The van der Waals surface area contributed by atoms with Gasteiger partial charge in [-0.05, 0) is 48.6 Å². The molecule has 2 aromatic rings. The quantitative estimate of drug-likeness (QED) is 0.0812. The Labute approximate surface area is 261 Å². The van der Waals surface area contributed by atoms with Crippen molar-refractivity contribution in [3.8, 4) is 0 Å². The van der Waals surface area contributed by atoms with E-state index in [1.165, 1.54) is 4.90 Å². The third-order valence-corrected chi connectivity index (χ3v) is 7.33. The van der Waals surface area contributed by atoms with Crippen LogP contribution in [0.25, 0.3) is 10.9 Å². The highest BCUT2D eigenvalue weighted by molar-refractivity contribution is 5.94. The zero-order chi connectivity index (χ0) is 33.0. The van der Waals surface area contributed by atoms with Crippen LogP contribution < -0.4 is 27.4 Å². The summed E-state index contributed by atoms with van der Waals surface area (Å²) in [6.45, 7) is 12.4. The summed E-state index contributed by atoms with van der Waals surface area (Å²) in [6, 6.07) is 5.76. The number of aromatic amines is 1. The molecule has 0 saturated carbocycles. The highest BCUT2D eigenvalue weighted by Crippen LogP contribution is 2.25. The Morgan fingerprint density at radius 1 is 0.977 bits per heavy atom. The molecule has 1 aromatic heterocycles. The number of guanidine groups is 1. The number of aromatic nitrogens is 1. The number of hydrogen-bond acceptors (Lipinski definition) is 5. The van der Waals surface area contributed by atoms with E-state index < -0.39 is 29.8 Å². The molecule has 0 aliphatic rings. The van der Waals surface area contributed by atoms with E-state index in [2.05, 4.69) is 41.7 Å². The van der Waals surface area contributed by atoms with E-state index in [1.807, 2.05) is 51.2 Å². The number of benzene rings is 1. The highest BCUT2D eigenvalue weighted by Gasteiger charge is 2.32. The molecule has 4 amide bonds. The van der Waals surface area contributed by atoms with E-state index in [0.29, 0.717) is 32.4 Å². The summed E-state index contributed by atoms with van der Waals surface area (Å²) in [4.78, 5) is 57.5. The van der Waals surface area contributed by atoms with Gasteiger partial charge in [-0.25, -0.2) is 0 Å². The SMILES string of the molecule is CC(C)CCN(CC(N)=O)C(=O)[C@H](CCCNC(=N)N)NC(=O)C(Cc1c[nH]c2ccccc12)NC(=O)C(C)CC(C)(C)C. The van der Waals surface area contributed by atoms with Gasteiger partial charge in [0.1, 0.15) is 12.1 Å². The molecule has 0 radical (unpaired) electrons. The maximum Gasteiger partial charge on any atom is 0.245 e. The van der Waals surface area contributed by atoms with E-state index in [-0.39, 0.29) is 48.5 Å². The average Bonchev–Trinajstić information content (AvgIpc) is 3.33. The molecule has 0 fully saturated rings. The minimum absolute atomic E-state index is 0.0867. The Kier molecular flexibility index (Phi) is 13.7. The van der Waals surface area contributed by atoms with Gasteiger partial charge in [-0.3, -0.25) is 24.6 Å². The Hall–Kier alpha value is -4.09. The van der Waals surface area contributed by atoms with Gasteiger partial charge in [0.2, 0.25) is 23.6 Å². The van der Waals surface area contributed by atoms with Gasteiger partial charge in [-0.2, -0.15) is 0 Å². The van der Waals surface area contributed by atoms with Crippen LogP contribution in [0.1, 0.15) is 72.8 Å². The van der Waals surface area contributed by atoms with Gasteiger partial charge in [0.05, 0.1) is 6.54 Å². The van der Waals surface area contributed by atoms with Crippen LogP contribution in [-0.2, 0) is 25.6 Å². The van der Waals surface area contributed by atoms with Crippen molar-refractivity contribution in [2.45, 2.75) is 85.7 Å². The second-order valence-electron chi connectivity index (χ2n) is 13.2. The van der Waals surface area contributed by atoms with Crippen LogP contribution in [0.3, 0.4) is 0 Å². The number of fused-ring (bicyclic) bond motifs is 1. The molecule has 12 nitrogen and oxygen atoms in total. The number of amides is 4. The van der Waals surface area contributed by atoms with Crippen molar-refractivity contribution >= 4 is 40.5 Å². The van der Waals surface area contributed by atoms with Gasteiger partial charge in [0.25, 0.3) is 0 Å². The lowest BCUT2D eigenvalue weighted by Crippen LogP contribution is -2.56. The molecule has 0 saturated heterocycles. The molecule has 2 unspecified atom stereocenters. The number of primary amides is 1. The van der Waals surface area contributed by atoms with Gasteiger partial charge >= 0.3 is 0 Å². The molecule has 12 heteroatoms. The molecule has 0 spiro atoms. The third-order valence-electron chi connectivity index (χ3n) is 7.33. The first-order valence-corrected chi connectivity index (χ1v) is 15.4. The molecule has 2 rings (SSSR count). The van der Waals surface area contributed by atoms with Gasteiger partial charge in [-0.15, -0.1) is 0 Å². The molecule has 1 heterocycles. The maximum atomic E-state index is 13.9. The van der Waals surface area contributed by atoms with E-state index >= 15 is 0 Å². The number of nitrogens with zero attached hydrogens (tertiary/aromatic N) is 1. The number of carbonyl (C=O) groups excluding carboxylic acids is 4. The van der Waals surface area contributed by atoms with E-state index in [9.17, 15) is 19.2 Å². The first-order valence-electron chi connectivity index (χ1n) is 15.4. The summed E-state index contributed by atoms with van der Waals surface area (Å²) < 4.78 is 0. The summed E-state index contributed by atoms with van der Waals surface area (Å²) in [6.07, 6.45) is 3.93. The van der Waals surface area contributed by atoms with Crippen LogP contribution in [0.15, 0.2) is 30.5 Å². The van der Waals surface area contributed by atoms with E-state index in [0.717, 1.165) is 16.5 Å². The highest BCUT2D eigenvalue weighted by atomic mass is 16.2. The summed E-state index contributed by atoms with van der Waals surface area (Å²) in [7, 11) is 0. The molecule has 44 heavy (non-hydrogen) atoms. The largest absolute Gasteiger partial charge is 0.370 e. The van der Waals surface area contributed by atoms with Crippen LogP contribution in [-0.4, -0.2) is 71.2 Å². The number of H-pyrrole nitrogens is 1. The standard InChI is InChI=1S/C32H52N8O4/c1-20(2)13-15-40(19-27(33)41)30(44)25(12-9-14-36-31(34)35)38-29(43)26(39-28(42)21(3)17-32(4,5)6)16-22-18-37-24-11-8-7-10-23(22)24/h7-8,10-11,18,20-21,25-26,37H,9,12-17,19H2,1-6H3,(H2,33,41)(H,38,43)(H,39,42)(H4,34,35,36)/t21?,25-,26?/m0/s1. The van der Waals surface area contributed by atoms with Crippen LogP contribution in [0, 0.1) is 22.7 Å². The Bertz CT molecular complexity index is 1280. The fraction of sp³-hybridized carbons (Fsp3) is 0.594. The van der Waals surface area contributed by atoms with Crippen LogP contribution in [0.2, 0.25) is 0 Å². The molecule has 244 valence electrons. The van der Waals surface area contributed by atoms with Crippen molar-refractivity contribution in [1.29, 1.82) is 5.41 Å². The second-order valence-corrected chi connectivity index (χ2v) is 13.2. The molecular formula is C32H52N8O4. The van der Waals surface area contributed by atoms with Crippen LogP contribution in [0.5, 0.6) is 0 Å². The van der Waals surface area contributed by atoms with Crippen molar-refractivity contribution < 1.29 is 19.2 Å². The van der Waals surface area contributed by atoms with Gasteiger partial charge in [-0.1, -0.05) is 59.7 Å². The topological polar surface area (TPSA) is 199 Å². The fourth-order valence-corrected chi connectivity index (χ4v) is 5.20. The Morgan fingerprint density at radius 3 is 2.25 bits per heavy atom. The van der Waals surface area contributed by atoms with Crippen LogP contribution in [0.4, 0.5) is 0 Å². The number of hydrogen-bond donors (Lipinski definition) is 7. The number of para-hydroxylation sites is 1. The molecule has 3 atom stereocenters. The minimum Gasteiger partial charge on any atom is -0.370 e. The first-order chi connectivity index (χ1) is 20.6.